The molecule has 7 aromatic rings. The molecule has 0 unspecified atom stereocenters. The van der Waals surface area contributed by atoms with Crippen molar-refractivity contribution in [2.24, 2.45) is 0 Å². The van der Waals surface area contributed by atoms with E-state index in [1.165, 1.54) is 33.4 Å². The molecule has 252 valence electrons. The first kappa shape index (κ1) is 32.5. The average molecular weight is 666 g/mol. The summed E-state index contributed by atoms with van der Waals surface area (Å²) in [6.45, 7) is 13.7. The summed E-state index contributed by atoms with van der Waals surface area (Å²) >= 11 is 0. The fourth-order valence-corrected chi connectivity index (χ4v) is 7.45. The summed E-state index contributed by atoms with van der Waals surface area (Å²) < 4.78 is 8.55. The molecule has 0 bridgehead atoms. The minimum atomic E-state index is -0.636. The normalized spacial score (nSPS) is 13.5. The lowest BCUT2D eigenvalue weighted by Gasteiger charge is -2.33. The molecular formula is C47H43N3O. The zero-order chi connectivity index (χ0) is 35.4. The molecule has 0 atom stereocenters. The van der Waals surface area contributed by atoms with E-state index in [0.29, 0.717) is 0 Å². The Morgan fingerprint density at radius 1 is 0.569 bits per heavy atom. The quantitative estimate of drug-likeness (QED) is 0.177. The molecule has 0 saturated heterocycles. The summed E-state index contributed by atoms with van der Waals surface area (Å²) in [6.07, 6.45) is 5.86. The van der Waals surface area contributed by atoms with E-state index in [2.05, 4.69) is 132 Å². The van der Waals surface area contributed by atoms with Gasteiger partial charge in [-0.05, 0) is 91.7 Å². The lowest BCUT2D eigenvalue weighted by atomic mass is 9.69. The summed E-state index contributed by atoms with van der Waals surface area (Å²) in [5.74, 6) is 1.50. The van der Waals surface area contributed by atoms with Gasteiger partial charge in [0.1, 0.15) is 11.5 Å². The van der Waals surface area contributed by atoms with Gasteiger partial charge in [0.25, 0.3) is 0 Å². The highest BCUT2D eigenvalue weighted by Crippen LogP contribution is 2.57. The van der Waals surface area contributed by atoms with Crippen LogP contribution in [0, 0.1) is 0 Å². The van der Waals surface area contributed by atoms with Crippen LogP contribution in [0.5, 0.6) is 11.5 Å². The number of fused-ring (bicyclic) bond motifs is 3. The summed E-state index contributed by atoms with van der Waals surface area (Å²) in [5, 5.41) is 4.66. The molecule has 0 spiro atoms. The van der Waals surface area contributed by atoms with Gasteiger partial charge in [0.05, 0.1) is 23.0 Å². The Labute approximate surface area is 301 Å². The molecule has 0 saturated carbocycles. The van der Waals surface area contributed by atoms with E-state index < -0.39 is 5.41 Å². The van der Waals surface area contributed by atoms with Crippen LogP contribution in [0.2, 0.25) is 0 Å². The Morgan fingerprint density at radius 3 is 1.82 bits per heavy atom. The smallest absolute Gasteiger partial charge is 0.129 e. The maximum atomic E-state index is 6.66. The van der Waals surface area contributed by atoms with Crippen LogP contribution < -0.4 is 4.74 Å². The Morgan fingerprint density at radius 2 is 1.20 bits per heavy atom. The van der Waals surface area contributed by atoms with E-state index in [1.807, 2.05) is 71.7 Å². The molecule has 0 N–H and O–H groups in total. The molecule has 2 heterocycles. The fraction of sp³-hybridized carbons (Fsp3) is 0.191. The van der Waals surface area contributed by atoms with Crippen molar-refractivity contribution in [3.05, 3.63) is 186 Å². The summed E-state index contributed by atoms with van der Waals surface area (Å²) in [7, 11) is 0. The monoisotopic (exact) mass is 665 g/mol. The van der Waals surface area contributed by atoms with Crippen molar-refractivity contribution < 1.29 is 4.74 Å². The Bertz CT molecular complexity index is 2290. The topological polar surface area (TPSA) is 39.9 Å². The molecule has 8 rings (SSSR count). The first-order valence-electron chi connectivity index (χ1n) is 17.7. The van der Waals surface area contributed by atoms with Gasteiger partial charge in [0, 0.05) is 24.0 Å². The number of nitrogens with zero attached hydrogens (tertiary/aromatic N) is 3. The van der Waals surface area contributed by atoms with Crippen LogP contribution in [0.3, 0.4) is 0 Å². The summed E-state index contributed by atoms with van der Waals surface area (Å²) in [4.78, 5) is 5.08. The highest BCUT2D eigenvalue weighted by molar-refractivity contribution is 5.87. The lowest BCUT2D eigenvalue weighted by Crippen LogP contribution is -2.30. The third-order valence-corrected chi connectivity index (χ3v) is 10.2. The van der Waals surface area contributed by atoms with Crippen LogP contribution in [-0.2, 0) is 16.2 Å². The second-order valence-electron chi connectivity index (χ2n) is 15.7. The molecule has 5 aromatic carbocycles. The first-order valence-corrected chi connectivity index (χ1v) is 17.7. The van der Waals surface area contributed by atoms with Gasteiger partial charge in [0.15, 0.2) is 0 Å². The second-order valence-corrected chi connectivity index (χ2v) is 15.7. The SMILES string of the molecule is CC(C)(C)c1ccc2c(c1)-c1cc(C(C)(C)C)ccc1C2(c1cccc(Oc2cccc(-n3cc(-c4ccccc4)cn3)c2)c1)c1ccccn1. The zero-order valence-corrected chi connectivity index (χ0v) is 30.2. The maximum Gasteiger partial charge on any atom is 0.129 e. The predicted octanol–water partition coefficient (Wildman–Crippen LogP) is 11.7. The van der Waals surface area contributed by atoms with E-state index in [4.69, 9.17) is 9.72 Å². The molecule has 1 aliphatic carbocycles. The van der Waals surface area contributed by atoms with Gasteiger partial charge < -0.3 is 4.74 Å². The predicted molar refractivity (Wildman–Crippen MR) is 208 cm³/mol. The van der Waals surface area contributed by atoms with E-state index in [1.54, 1.807) is 0 Å². The second kappa shape index (κ2) is 12.2. The number of hydrogen-bond donors (Lipinski definition) is 0. The van der Waals surface area contributed by atoms with Crippen molar-refractivity contribution in [1.82, 2.24) is 14.8 Å². The molecular weight excluding hydrogens is 623 g/mol. The molecule has 2 aromatic heterocycles. The minimum Gasteiger partial charge on any atom is -0.457 e. The molecule has 1 aliphatic rings. The van der Waals surface area contributed by atoms with Gasteiger partial charge in [-0.3, -0.25) is 4.98 Å². The van der Waals surface area contributed by atoms with Crippen LogP contribution >= 0.6 is 0 Å². The molecule has 0 fully saturated rings. The van der Waals surface area contributed by atoms with Crippen LogP contribution in [0.1, 0.15) is 75.1 Å². The molecule has 4 heteroatoms. The van der Waals surface area contributed by atoms with Crippen LogP contribution in [-0.4, -0.2) is 14.8 Å². The zero-order valence-electron chi connectivity index (χ0n) is 30.2. The van der Waals surface area contributed by atoms with Gasteiger partial charge in [-0.15, -0.1) is 0 Å². The largest absolute Gasteiger partial charge is 0.457 e. The number of ether oxygens (including phenoxy) is 1. The van der Waals surface area contributed by atoms with Gasteiger partial charge >= 0.3 is 0 Å². The Kier molecular flexibility index (Phi) is 7.79. The number of rotatable bonds is 6. The number of aromatic nitrogens is 3. The van der Waals surface area contributed by atoms with Crippen molar-refractivity contribution in [2.75, 3.05) is 0 Å². The number of benzene rings is 5. The van der Waals surface area contributed by atoms with Gasteiger partial charge in [-0.1, -0.05) is 133 Å². The molecule has 51 heavy (non-hydrogen) atoms. The minimum absolute atomic E-state index is 0.00859. The fourth-order valence-electron chi connectivity index (χ4n) is 7.45. The third kappa shape index (κ3) is 5.75. The first-order chi connectivity index (χ1) is 24.5. The number of pyridine rings is 1. The summed E-state index contributed by atoms with van der Waals surface area (Å²) in [6, 6.07) is 47.3. The standard InChI is InChI=1S/C47H43N3O/c1-45(2,3)34-21-23-42-40(27-34)41-28-35(46(4,5)6)22-24-43(41)47(42,44-20-10-11-25-48-44)36-16-12-18-38(26-36)51-39-19-13-17-37(29-39)50-31-33(30-49-50)32-14-8-7-9-15-32/h7-31H,1-6H3. The molecule has 0 amide bonds. The average Bonchev–Trinajstić information content (AvgIpc) is 3.74. The number of hydrogen-bond acceptors (Lipinski definition) is 3. The van der Waals surface area contributed by atoms with Crippen molar-refractivity contribution in [3.63, 3.8) is 0 Å². The highest BCUT2D eigenvalue weighted by Gasteiger charge is 2.48. The van der Waals surface area contributed by atoms with Gasteiger partial charge in [-0.25, -0.2) is 4.68 Å². The van der Waals surface area contributed by atoms with Crippen molar-refractivity contribution in [3.8, 4) is 39.4 Å². The van der Waals surface area contributed by atoms with Crippen molar-refractivity contribution in [2.45, 2.75) is 57.8 Å². The lowest BCUT2D eigenvalue weighted by molar-refractivity contribution is 0.480. The molecule has 4 nitrogen and oxygen atoms in total. The van der Waals surface area contributed by atoms with E-state index in [0.717, 1.165) is 39.6 Å². The van der Waals surface area contributed by atoms with Crippen LogP contribution in [0.15, 0.2) is 152 Å². The van der Waals surface area contributed by atoms with Gasteiger partial charge in [-0.2, -0.15) is 5.10 Å². The van der Waals surface area contributed by atoms with Crippen LogP contribution in [0.25, 0.3) is 27.9 Å². The van der Waals surface area contributed by atoms with Gasteiger partial charge in [0.2, 0.25) is 0 Å². The molecule has 0 radical (unpaired) electrons. The molecule has 0 aliphatic heterocycles. The van der Waals surface area contributed by atoms with E-state index in [9.17, 15) is 0 Å². The Balaban J connectivity index is 1.25. The third-order valence-electron chi connectivity index (χ3n) is 10.2. The maximum absolute atomic E-state index is 6.66. The van der Waals surface area contributed by atoms with Crippen LogP contribution in [0.4, 0.5) is 0 Å². The Hall–Kier alpha value is -5.74. The highest BCUT2D eigenvalue weighted by atomic mass is 16.5. The van der Waals surface area contributed by atoms with Crippen molar-refractivity contribution in [1.29, 1.82) is 0 Å². The van der Waals surface area contributed by atoms with Crippen molar-refractivity contribution >= 4 is 0 Å². The summed E-state index contributed by atoms with van der Waals surface area (Å²) in [5.41, 5.74) is 12.3. The van der Waals surface area contributed by atoms with E-state index in [-0.39, 0.29) is 10.8 Å². The van der Waals surface area contributed by atoms with E-state index >= 15 is 0 Å².